The molecule has 0 atom stereocenters. The molecule has 14 heavy (non-hydrogen) atoms. The van der Waals surface area contributed by atoms with E-state index in [1.54, 1.807) is 12.0 Å². The third kappa shape index (κ3) is 2.07. The average Bonchev–Trinajstić information content (AvgIpc) is 2.28. The van der Waals surface area contributed by atoms with E-state index < -0.39 is 0 Å². The van der Waals surface area contributed by atoms with E-state index in [2.05, 4.69) is 11.3 Å². The fraction of sp³-hybridized carbons (Fsp3) is 0.700. The molecule has 1 aliphatic heterocycles. The molecule has 1 fully saturated rings. The summed E-state index contributed by atoms with van der Waals surface area (Å²) in [4.78, 5) is 12.9. The van der Waals surface area contributed by atoms with Gasteiger partial charge in [0, 0.05) is 20.2 Å². The number of amides is 1. The summed E-state index contributed by atoms with van der Waals surface area (Å²) in [5.41, 5.74) is -0.259. The van der Waals surface area contributed by atoms with Crippen LogP contribution < -0.4 is 0 Å². The van der Waals surface area contributed by atoms with Crippen molar-refractivity contribution in [3.05, 3.63) is 12.7 Å². The van der Waals surface area contributed by atoms with Gasteiger partial charge in [-0.1, -0.05) is 6.08 Å². The van der Waals surface area contributed by atoms with Crippen molar-refractivity contribution in [2.24, 2.45) is 0 Å². The van der Waals surface area contributed by atoms with Crippen molar-refractivity contribution in [1.82, 2.24) is 4.90 Å². The summed E-state index contributed by atoms with van der Waals surface area (Å²) < 4.78 is 10.0. The zero-order chi connectivity index (χ0) is 10.6. The van der Waals surface area contributed by atoms with E-state index in [1.807, 2.05) is 6.08 Å². The fourth-order valence-electron chi connectivity index (χ4n) is 1.69. The maximum Gasteiger partial charge on any atom is 0.409 e. The van der Waals surface area contributed by atoms with Crippen LogP contribution >= 0.6 is 0 Å². The van der Waals surface area contributed by atoms with Crippen molar-refractivity contribution >= 4 is 6.09 Å². The van der Waals surface area contributed by atoms with Crippen molar-refractivity contribution in [3.63, 3.8) is 0 Å². The monoisotopic (exact) mass is 199 g/mol. The second-order valence-corrected chi connectivity index (χ2v) is 3.43. The molecule has 1 rings (SSSR count). The Labute approximate surface area is 84.5 Å². The third-order valence-corrected chi connectivity index (χ3v) is 2.82. The number of hydrogen-bond donors (Lipinski definition) is 0. The molecule has 0 spiro atoms. The second kappa shape index (κ2) is 4.46. The summed E-state index contributed by atoms with van der Waals surface area (Å²) in [5, 5.41) is 0. The molecule has 4 nitrogen and oxygen atoms in total. The molecule has 1 saturated heterocycles. The highest BCUT2D eigenvalue weighted by atomic mass is 16.5. The Hall–Kier alpha value is -1.03. The SMILES string of the molecule is C=CC1(OC)CCN(C(=O)OC)CC1. The lowest BCUT2D eigenvalue weighted by Crippen LogP contribution is -2.46. The minimum atomic E-state index is -0.265. The van der Waals surface area contributed by atoms with Crippen molar-refractivity contribution in [2.75, 3.05) is 27.3 Å². The van der Waals surface area contributed by atoms with Crippen LogP contribution in [-0.2, 0) is 9.47 Å². The molecule has 0 saturated carbocycles. The second-order valence-electron chi connectivity index (χ2n) is 3.43. The quantitative estimate of drug-likeness (QED) is 0.631. The van der Waals surface area contributed by atoms with Crippen molar-refractivity contribution < 1.29 is 14.3 Å². The first-order valence-corrected chi connectivity index (χ1v) is 4.69. The van der Waals surface area contributed by atoms with Gasteiger partial charge in [0.2, 0.25) is 0 Å². The molecule has 0 unspecified atom stereocenters. The van der Waals surface area contributed by atoms with Crippen LogP contribution in [0.15, 0.2) is 12.7 Å². The number of rotatable bonds is 2. The maximum atomic E-state index is 11.2. The molecule has 0 N–H and O–H groups in total. The predicted octanol–water partition coefficient (Wildman–Crippen LogP) is 1.42. The van der Waals surface area contributed by atoms with E-state index in [1.165, 1.54) is 7.11 Å². The van der Waals surface area contributed by atoms with Crippen molar-refractivity contribution in [3.8, 4) is 0 Å². The number of ether oxygens (including phenoxy) is 2. The Balaban J connectivity index is 2.52. The van der Waals surface area contributed by atoms with Crippen LogP contribution in [0.2, 0.25) is 0 Å². The number of piperidine rings is 1. The highest BCUT2D eigenvalue weighted by Gasteiger charge is 2.33. The van der Waals surface area contributed by atoms with Crippen LogP contribution in [0.4, 0.5) is 4.79 Å². The molecule has 80 valence electrons. The zero-order valence-corrected chi connectivity index (χ0v) is 8.78. The molecule has 1 aliphatic rings. The zero-order valence-electron chi connectivity index (χ0n) is 8.78. The highest BCUT2D eigenvalue weighted by Crippen LogP contribution is 2.26. The summed E-state index contributed by atoms with van der Waals surface area (Å²) >= 11 is 0. The summed E-state index contributed by atoms with van der Waals surface area (Å²) in [6, 6.07) is 0. The molecule has 0 aromatic heterocycles. The summed E-state index contributed by atoms with van der Waals surface area (Å²) in [7, 11) is 3.07. The molecular weight excluding hydrogens is 182 g/mol. The smallest absolute Gasteiger partial charge is 0.409 e. The number of carbonyl (C=O) groups excluding carboxylic acids is 1. The minimum Gasteiger partial charge on any atom is -0.453 e. The lowest BCUT2D eigenvalue weighted by Gasteiger charge is -2.38. The van der Waals surface area contributed by atoms with E-state index in [0.717, 1.165) is 12.8 Å². The number of nitrogens with zero attached hydrogens (tertiary/aromatic N) is 1. The largest absolute Gasteiger partial charge is 0.453 e. The number of methoxy groups -OCH3 is 2. The average molecular weight is 199 g/mol. The topological polar surface area (TPSA) is 38.8 Å². The lowest BCUT2D eigenvalue weighted by atomic mass is 9.91. The first-order valence-electron chi connectivity index (χ1n) is 4.69. The van der Waals surface area contributed by atoms with E-state index in [9.17, 15) is 4.79 Å². The van der Waals surface area contributed by atoms with Gasteiger partial charge in [-0.3, -0.25) is 0 Å². The van der Waals surface area contributed by atoms with Crippen LogP contribution in [0.3, 0.4) is 0 Å². The number of likely N-dealkylation sites (tertiary alicyclic amines) is 1. The van der Waals surface area contributed by atoms with E-state index >= 15 is 0 Å². The van der Waals surface area contributed by atoms with Gasteiger partial charge in [0.25, 0.3) is 0 Å². The van der Waals surface area contributed by atoms with Gasteiger partial charge in [-0.2, -0.15) is 0 Å². The lowest BCUT2D eigenvalue weighted by molar-refractivity contribution is -0.0174. The van der Waals surface area contributed by atoms with Gasteiger partial charge in [-0.05, 0) is 12.8 Å². The molecule has 0 aliphatic carbocycles. The standard InChI is InChI=1S/C10H17NO3/c1-4-10(14-3)5-7-11(8-6-10)9(12)13-2/h4H,1,5-8H2,2-3H3. The van der Waals surface area contributed by atoms with E-state index in [-0.39, 0.29) is 11.7 Å². The summed E-state index contributed by atoms with van der Waals surface area (Å²) in [5.74, 6) is 0. The molecule has 0 bridgehead atoms. The Morgan fingerprint density at radius 2 is 2.00 bits per heavy atom. The minimum absolute atomic E-state index is 0.259. The van der Waals surface area contributed by atoms with Gasteiger partial charge in [0.15, 0.2) is 0 Å². The van der Waals surface area contributed by atoms with Gasteiger partial charge in [-0.15, -0.1) is 6.58 Å². The van der Waals surface area contributed by atoms with Crippen molar-refractivity contribution in [2.45, 2.75) is 18.4 Å². The highest BCUT2D eigenvalue weighted by molar-refractivity contribution is 5.67. The Morgan fingerprint density at radius 1 is 1.43 bits per heavy atom. The van der Waals surface area contributed by atoms with Crippen LogP contribution in [0, 0.1) is 0 Å². The Bertz CT molecular complexity index is 219. The summed E-state index contributed by atoms with van der Waals surface area (Å²) in [6.07, 6.45) is 3.12. The Kier molecular flexibility index (Phi) is 3.52. The first kappa shape index (κ1) is 11.0. The molecular formula is C10H17NO3. The molecule has 1 heterocycles. The van der Waals surface area contributed by atoms with Gasteiger partial charge < -0.3 is 14.4 Å². The fourth-order valence-corrected chi connectivity index (χ4v) is 1.69. The van der Waals surface area contributed by atoms with Gasteiger partial charge in [0.1, 0.15) is 0 Å². The van der Waals surface area contributed by atoms with E-state index in [4.69, 9.17) is 4.74 Å². The maximum absolute atomic E-state index is 11.2. The van der Waals surface area contributed by atoms with Gasteiger partial charge >= 0.3 is 6.09 Å². The number of hydrogen-bond acceptors (Lipinski definition) is 3. The normalized spacial score (nSPS) is 20.3. The molecule has 4 heteroatoms. The van der Waals surface area contributed by atoms with Gasteiger partial charge in [-0.25, -0.2) is 4.79 Å². The van der Waals surface area contributed by atoms with E-state index in [0.29, 0.717) is 13.1 Å². The molecule has 0 aromatic carbocycles. The van der Waals surface area contributed by atoms with Gasteiger partial charge in [0.05, 0.1) is 12.7 Å². The third-order valence-electron chi connectivity index (χ3n) is 2.82. The van der Waals surface area contributed by atoms with Crippen LogP contribution in [0.5, 0.6) is 0 Å². The number of carbonyl (C=O) groups is 1. The predicted molar refractivity (Wildman–Crippen MR) is 53.1 cm³/mol. The van der Waals surface area contributed by atoms with Crippen molar-refractivity contribution in [1.29, 1.82) is 0 Å². The molecule has 0 radical (unpaired) electrons. The van der Waals surface area contributed by atoms with Crippen LogP contribution in [0.1, 0.15) is 12.8 Å². The van der Waals surface area contributed by atoms with Crippen LogP contribution in [-0.4, -0.2) is 43.9 Å². The Morgan fingerprint density at radius 3 is 2.36 bits per heavy atom. The molecule has 0 aromatic rings. The summed E-state index contributed by atoms with van der Waals surface area (Å²) in [6.45, 7) is 5.08. The first-order chi connectivity index (χ1) is 6.67. The van der Waals surface area contributed by atoms with Crippen LogP contribution in [0.25, 0.3) is 0 Å². The molecule has 1 amide bonds.